The number of methoxy groups -OCH3 is 1. The molecule has 2 aromatic carbocycles. The summed E-state index contributed by atoms with van der Waals surface area (Å²) in [6.07, 6.45) is 0.838. The number of anilines is 1. The van der Waals surface area contributed by atoms with E-state index in [1.165, 1.54) is 5.56 Å². The van der Waals surface area contributed by atoms with Crippen LogP contribution >= 0.6 is 0 Å². The molecule has 0 unspecified atom stereocenters. The molecule has 3 aliphatic heterocycles. The first-order valence-corrected chi connectivity index (χ1v) is 11.1. The molecular formula is C24H25N5O4. The van der Waals surface area contributed by atoms with E-state index in [-0.39, 0.29) is 5.91 Å². The molecule has 0 spiro atoms. The molecule has 9 nitrogen and oxygen atoms in total. The minimum atomic E-state index is -0.243. The number of carbonyl (C=O) groups is 1. The molecular weight excluding hydrogens is 422 g/mol. The topological polar surface area (TPSA) is 90.7 Å². The van der Waals surface area contributed by atoms with Gasteiger partial charge in [0.25, 0.3) is 5.91 Å². The fraction of sp³-hybridized carbons (Fsp3) is 0.375. The number of fused-ring (bicyclic) bond motifs is 3. The van der Waals surface area contributed by atoms with Gasteiger partial charge in [-0.1, -0.05) is 6.07 Å². The van der Waals surface area contributed by atoms with E-state index in [9.17, 15) is 4.79 Å². The lowest BCUT2D eigenvalue weighted by atomic mass is 9.89. The molecule has 1 saturated heterocycles. The van der Waals surface area contributed by atoms with Crippen molar-refractivity contribution in [2.45, 2.75) is 19.5 Å². The van der Waals surface area contributed by atoms with E-state index >= 15 is 0 Å². The number of nitrogens with one attached hydrogen (secondary N) is 1. The number of aromatic nitrogens is 3. The number of rotatable bonds is 5. The van der Waals surface area contributed by atoms with Gasteiger partial charge in [0, 0.05) is 38.3 Å². The van der Waals surface area contributed by atoms with Crippen molar-refractivity contribution in [3.05, 3.63) is 59.7 Å². The zero-order chi connectivity index (χ0) is 22.4. The van der Waals surface area contributed by atoms with Crippen LogP contribution in [0.15, 0.2) is 42.5 Å². The zero-order valence-corrected chi connectivity index (χ0v) is 18.4. The molecule has 1 amide bonds. The van der Waals surface area contributed by atoms with E-state index in [4.69, 9.17) is 14.2 Å². The Morgan fingerprint density at radius 2 is 1.88 bits per heavy atom. The van der Waals surface area contributed by atoms with Crippen LogP contribution in [0.2, 0.25) is 0 Å². The van der Waals surface area contributed by atoms with Crippen molar-refractivity contribution in [2.75, 3.05) is 32.3 Å². The molecule has 9 heteroatoms. The molecule has 0 aliphatic carbocycles. The lowest BCUT2D eigenvalue weighted by Crippen LogP contribution is -2.31. The molecule has 3 aliphatic rings. The predicted octanol–water partition coefficient (Wildman–Crippen LogP) is 2.57. The van der Waals surface area contributed by atoms with Gasteiger partial charge in [-0.3, -0.25) is 9.69 Å². The third kappa shape index (κ3) is 3.78. The first kappa shape index (κ1) is 20.0. The van der Waals surface area contributed by atoms with Gasteiger partial charge in [-0.2, -0.15) is 0 Å². The summed E-state index contributed by atoms with van der Waals surface area (Å²) in [5.74, 6) is 4.38. The second kappa shape index (κ2) is 8.08. The highest BCUT2D eigenvalue weighted by molar-refractivity contribution is 6.01. The van der Waals surface area contributed by atoms with Gasteiger partial charge in [-0.05, 0) is 53.8 Å². The molecule has 0 saturated carbocycles. The Bertz CT molecular complexity index is 1190. The maximum absolute atomic E-state index is 12.9. The fourth-order valence-corrected chi connectivity index (χ4v) is 5.08. The Morgan fingerprint density at radius 1 is 1.06 bits per heavy atom. The highest BCUT2D eigenvalue weighted by Crippen LogP contribution is 2.36. The van der Waals surface area contributed by atoms with Gasteiger partial charge >= 0.3 is 0 Å². The van der Waals surface area contributed by atoms with Crippen LogP contribution in [0.3, 0.4) is 0 Å². The van der Waals surface area contributed by atoms with E-state index in [1.54, 1.807) is 7.11 Å². The molecule has 6 rings (SSSR count). The van der Waals surface area contributed by atoms with E-state index in [0.717, 1.165) is 55.7 Å². The molecule has 0 bridgehead atoms. The Morgan fingerprint density at radius 3 is 2.73 bits per heavy atom. The average Bonchev–Trinajstić information content (AvgIpc) is 3.55. The number of hydrogen-bond acceptors (Lipinski definition) is 7. The summed E-state index contributed by atoms with van der Waals surface area (Å²) in [7, 11) is 1.61. The van der Waals surface area contributed by atoms with Crippen molar-refractivity contribution >= 4 is 11.6 Å². The first-order valence-electron chi connectivity index (χ1n) is 11.1. The number of hydrogen-bond donors (Lipinski definition) is 1. The summed E-state index contributed by atoms with van der Waals surface area (Å²) in [6, 6.07) is 13.4. The number of likely N-dealkylation sites (tertiary alicyclic amines) is 1. The molecule has 4 heterocycles. The highest BCUT2D eigenvalue weighted by Gasteiger charge is 2.39. The third-order valence-corrected chi connectivity index (χ3v) is 6.74. The summed E-state index contributed by atoms with van der Waals surface area (Å²) < 4.78 is 18.1. The van der Waals surface area contributed by atoms with Crippen LogP contribution in [0, 0.1) is 11.8 Å². The Labute approximate surface area is 191 Å². The van der Waals surface area contributed by atoms with E-state index in [0.29, 0.717) is 30.1 Å². The van der Waals surface area contributed by atoms with Crippen LogP contribution in [0.5, 0.6) is 17.2 Å². The minimum absolute atomic E-state index is 0.243. The molecule has 1 fully saturated rings. The summed E-state index contributed by atoms with van der Waals surface area (Å²) >= 11 is 0. The number of ether oxygens (including phenoxy) is 3. The van der Waals surface area contributed by atoms with Crippen molar-refractivity contribution in [2.24, 2.45) is 11.8 Å². The van der Waals surface area contributed by atoms with E-state index in [2.05, 4.69) is 32.5 Å². The SMILES string of the molecule is COc1ccc(NC(=O)c2nnc3n2C[C@H]2CN(Cc4ccc5c(c4)OCO5)C[C@H]2C3)cc1. The van der Waals surface area contributed by atoms with Crippen LogP contribution in [0.25, 0.3) is 0 Å². The quantitative estimate of drug-likeness (QED) is 0.643. The normalized spacial score (nSPS) is 20.9. The molecule has 33 heavy (non-hydrogen) atoms. The summed E-state index contributed by atoms with van der Waals surface area (Å²) in [6.45, 7) is 3.92. The average molecular weight is 447 g/mol. The van der Waals surface area contributed by atoms with Crippen molar-refractivity contribution in [1.82, 2.24) is 19.7 Å². The standard InChI is InChI=1S/C24H25N5O4/c1-31-19-5-3-18(4-6-19)25-24(30)23-27-26-22-9-16-11-28(12-17(16)13-29(22)23)10-15-2-7-20-21(8-15)33-14-32-20/h2-8,16-17H,9-14H2,1H3,(H,25,30)/t16-,17-/m1/s1. The van der Waals surface area contributed by atoms with Crippen molar-refractivity contribution in [3.63, 3.8) is 0 Å². The van der Waals surface area contributed by atoms with Crippen LogP contribution in [0.1, 0.15) is 22.0 Å². The number of nitrogens with zero attached hydrogens (tertiary/aromatic N) is 4. The van der Waals surface area contributed by atoms with Crippen LogP contribution in [0.4, 0.5) is 5.69 Å². The van der Waals surface area contributed by atoms with Gasteiger partial charge in [-0.15, -0.1) is 10.2 Å². The minimum Gasteiger partial charge on any atom is -0.497 e. The van der Waals surface area contributed by atoms with Crippen LogP contribution in [-0.2, 0) is 19.5 Å². The number of carbonyl (C=O) groups excluding carboxylic acids is 1. The summed E-state index contributed by atoms with van der Waals surface area (Å²) in [5, 5.41) is 11.5. The monoisotopic (exact) mass is 447 g/mol. The summed E-state index contributed by atoms with van der Waals surface area (Å²) in [5.41, 5.74) is 1.92. The van der Waals surface area contributed by atoms with Gasteiger partial charge in [-0.25, -0.2) is 0 Å². The van der Waals surface area contributed by atoms with Gasteiger partial charge in [0.1, 0.15) is 11.6 Å². The molecule has 0 radical (unpaired) electrons. The molecule has 1 aromatic heterocycles. The van der Waals surface area contributed by atoms with Gasteiger partial charge in [0.05, 0.1) is 7.11 Å². The van der Waals surface area contributed by atoms with E-state index in [1.807, 2.05) is 34.9 Å². The molecule has 1 N–H and O–H groups in total. The molecule has 170 valence electrons. The van der Waals surface area contributed by atoms with E-state index < -0.39 is 0 Å². The predicted molar refractivity (Wildman–Crippen MR) is 119 cm³/mol. The number of amides is 1. The lowest BCUT2D eigenvalue weighted by molar-refractivity contribution is 0.100. The van der Waals surface area contributed by atoms with Crippen LogP contribution < -0.4 is 19.5 Å². The van der Waals surface area contributed by atoms with Crippen molar-refractivity contribution < 1.29 is 19.0 Å². The Balaban J connectivity index is 1.12. The second-order valence-electron chi connectivity index (χ2n) is 8.84. The maximum atomic E-state index is 12.9. The molecule has 2 atom stereocenters. The largest absolute Gasteiger partial charge is 0.497 e. The Kier molecular flexibility index (Phi) is 4.91. The van der Waals surface area contributed by atoms with Gasteiger partial charge in [0.2, 0.25) is 12.6 Å². The second-order valence-corrected chi connectivity index (χ2v) is 8.84. The van der Waals surface area contributed by atoms with Crippen LogP contribution in [-0.4, -0.2) is 52.6 Å². The highest BCUT2D eigenvalue weighted by atomic mass is 16.7. The Hall–Kier alpha value is -3.59. The fourth-order valence-electron chi connectivity index (χ4n) is 5.08. The third-order valence-electron chi connectivity index (χ3n) is 6.74. The van der Waals surface area contributed by atoms with Crippen molar-refractivity contribution in [3.8, 4) is 17.2 Å². The first-order chi connectivity index (χ1) is 16.2. The zero-order valence-electron chi connectivity index (χ0n) is 18.4. The number of benzene rings is 2. The molecule has 3 aromatic rings. The lowest BCUT2D eigenvalue weighted by Gasteiger charge is -2.25. The maximum Gasteiger partial charge on any atom is 0.293 e. The van der Waals surface area contributed by atoms with Gasteiger partial charge in [0.15, 0.2) is 11.5 Å². The summed E-state index contributed by atoms with van der Waals surface area (Å²) in [4.78, 5) is 15.4. The van der Waals surface area contributed by atoms with Gasteiger partial charge < -0.3 is 24.1 Å². The smallest absolute Gasteiger partial charge is 0.293 e. The van der Waals surface area contributed by atoms with Crippen molar-refractivity contribution in [1.29, 1.82) is 0 Å².